The van der Waals surface area contributed by atoms with Crippen LogP contribution in [0.2, 0.25) is 0 Å². The molecule has 3 nitrogen and oxygen atoms in total. The van der Waals surface area contributed by atoms with E-state index in [0.717, 1.165) is 17.9 Å². The number of nitrogens with zero attached hydrogens (tertiary/aromatic N) is 3. The number of aryl methyl sites for hydroxylation is 1. The van der Waals surface area contributed by atoms with Crippen molar-refractivity contribution >= 4 is 0 Å². The van der Waals surface area contributed by atoms with Crippen molar-refractivity contribution in [1.82, 2.24) is 14.8 Å². The van der Waals surface area contributed by atoms with E-state index in [0.29, 0.717) is 5.92 Å². The SMILES string of the molecule is CCc1cccc(-n2ccc(C3CCCCC3)n2)n1. The lowest BCUT2D eigenvalue weighted by Crippen LogP contribution is -2.07. The highest BCUT2D eigenvalue weighted by Crippen LogP contribution is 2.31. The van der Waals surface area contributed by atoms with Crippen molar-refractivity contribution in [1.29, 1.82) is 0 Å². The summed E-state index contributed by atoms with van der Waals surface area (Å²) in [6.45, 7) is 2.13. The van der Waals surface area contributed by atoms with Crippen molar-refractivity contribution in [2.45, 2.75) is 51.4 Å². The lowest BCUT2D eigenvalue weighted by molar-refractivity contribution is 0.435. The van der Waals surface area contributed by atoms with Crippen molar-refractivity contribution in [2.24, 2.45) is 0 Å². The topological polar surface area (TPSA) is 30.7 Å². The van der Waals surface area contributed by atoms with E-state index < -0.39 is 0 Å². The van der Waals surface area contributed by atoms with Gasteiger partial charge in [-0.05, 0) is 37.5 Å². The van der Waals surface area contributed by atoms with E-state index in [1.807, 2.05) is 16.9 Å². The third-order valence-corrected chi connectivity index (χ3v) is 4.02. The first-order valence-corrected chi connectivity index (χ1v) is 7.38. The molecule has 19 heavy (non-hydrogen) atoms. The van der Waals surface area contributed by atoms with Crippen LogP contribution in [-0.4, -0.2) is 14.8 Å². The first-order chi connectivity index (χ1) is 9.36. The van der Waals surface area contributed by atoms with Gasteiger partial charge in [0.05, 0.1) is 5.69 Å². The minimum Gasteiger partial charge on any atom is -0.234 e. The smallest absolute Gasteiger partial charge is 0.153 e. The minimum absolute atomic E-state index is 0.657. The van der Waals surface area contributed by atoms with Crippen LogP contribution in [0, 0.1) is 0 Å². The quantitative estimate of drug-likeness (QED) is 0.833. The molecule has 2 aromatic heterocycles. The number of aromatic nitrogens is 3. The molecule has 1 saturated carbocycles. The Morgan fingerprint density at radius 3 is 2.79 bits per heavy atom. The second kappa shape index (κ2) is 5.55. The Balaban J connectivity index is 1.83. The van der Waals surface area contributed by atoms with Gasteiger partial charge in [0.25, 0.3) is 0 Å². The summed E-state index contributed by atoms with van der Waals surface area (Å²) in [5.74, 6) is 1.59. The number of pyridine rings is 1. The van der Waals surface area contributed by atoms with Crippen LogP contribution in [0.3, 0.4) is 0 Å². The molecule has 0 spiro atoms. The molecule has 1 fully saturated rings. The highest BCUT2D eigenvalue weighted by molar-refractivity contribution is 5.25. The maximum Gasteiger partial charge on any atom is 0.153 e. The summed E-state index contributed by atoms with van der Waals surface area (Å²) in [4.78, 5) is 4.62. The summed E-state index contributed by atoms with van der Waals surface area (Å²) in [6.07, 6.45) is 9.68. The predicted octanol–water partition coefficient (Wildman–Crippen LogP) is 3.88. The molecule has 0 aromatic carbocycles. The zero-order valence-corrected chi connectivity index (χ0v) is 11.5. The van der Waals surface area contributed by atoms with Gasteiger partial charge in [-0.25, -0.2) is 9.67 Å². The third-order valence-electron chi connectivity index (χ3n) is 4.02. The number of hydrogen-bond acceptors (Lipinski definition) is 2. The average molecular weight is 255 g/mol. The molecule has 1 aliphatic rings. The van der Waals surface area contributed by atoms with Crippen molar-refractivity contribution in [3.63, 3.8) is 0 Å². The monoisotopic (exact) mass is 255 g/mol. The first kappa shape index (κ1) is 12.4. The van der Waals surface area contributed by atoms with Gasteiger partial charge in [0, 0.05) is 17.8 Å². The van der Waals surface area contributed by atoms with Crippen LogP contribution in [0.5, 0.6) is 0 Å². The van der Waals surface area contributed by atoms with Gasteiger partial charge >= 0.3 is 0 Å². The van der Waals surface area contributed by atoms with Gasteiger partial charge in [-0.1, -0.05) is 32.3 Å². The highest BCUT2D eigenvalue weighted by atomic mass is 15.3. The molecule has 0 amide bonds. The predicted molar refractivity (Wildman–Crippen MR) is 76.6 cm³/mol. The summed E-state index contributed by atoms with van der Waals surface area (Å²) in [6, 6.07) is 8.31. The Kier molecular flexibility index (Phi) is 3.62. The average Bonchev–Trinajstić information content (AvgIpc) is 2.98. The maximum atomic E-state index is 4.73. The van der Waals surface area contributed by atoms with Gasteiger partial charge < -0.3 is 0 Å². The van der Waals surface area contributed by atoms with Crippen molar-refractivity contribution in [3.8, 4) is 5.82 Å². The Hall–Kier alpha value is -1.64. The van der Waals surface area contributed by atoms with Gasteiger partial charge in [0.2, 0.25) is 0 Å². The number of rotatable bonds is 3. The van der Waals surface area contributed by atoms with E-state index in [1.54, 1.807) is 0 Å². The number of hydrogen-bond donors (Lipinski definition) is 0. The lowest BCUT2D eigenvalue weighted by Gasteiger charge is -2.19. The fourth-order valence-electron chi connectivity index (χ4n) is 2.87. The van der Waals surface area contributed by atoms with Crippen molar-refractivity contribution < 1.29 is 0 Å². The molecule has 0 N–H and O–H groups in total. The second-order valence-corrected chi connectivity index (χ2v) is 5.36. The van der Waals surface area contributed by atoms with E-state index in [4.69, 9.17) is 5.10 Å². The fourth-order valence-corrected chi connectivity index (χ4v) is 2.87. The Labute approximate surface area is 114 Å². The molecule has 1 aliphatic carbocycles. The second-order valence-electron chi connectivity index (χ2n) is 5.36. The zero-order valence-electron chi connectivity index (χ0n) is 11.5. The molecular weight excluding hydrogens is 234 g/mol. The van der Waals surface area contributed by atoms with Crippen molar-refractivity contribution in [2.75, 3.05) is 0 Å². The fraction of sp³-hybridized carbons (Fsp3) is 0.500. The molecule has 0 saturated heterocycles. The molecule has 2 heterocycles. The molecule has 0 radical (unpaired) electrons. The molecule has 2 aromatic rings. The third kappa shape index (κ3) is 2.70. The van der Waals surface area contributed by atoms with Gasteiger partial charge in [0.1, 0.15) is 0 Å². The van der Waals surface area contributed by atoms with E-state index in [-0.39, 0.29) is 0 Å². The van der Waals surface area contributed by atoms with Gasteiger partial charge in [-0.3, -0.25) is 0 Å². The van der Waals surface area contributed by atoms with Crippen LogP contribution in [0.1, 0.15) is 56.3 Å². The summed E-state index contributed by atoms with van der Waals surface area (Å²) in [5, 5.41) is 4.73. The Morgan fingerprint density at radius 2 is 2.00 bits per heavy atom. The van der Waals surface area contributed by atoms with E-state index >= 15 is 0 Å². The summed E-state index contributed by atoms with van der Waals surface area (Å²) in [7, 11) is 0. The van der Waals surface area contributed by atoms with Crippen LogP contribution in [0.15, 0.2) is 30.5 Å². The first-order valence-electron chi connectivity index (χ1n) is 7.38. The lowest BCUT2D eigenvalue weighted by atomic mass is 9.87. The largest absolute Gasteiger partial charge is 0.234 e. The van der Waals surface area contributed by atoms with Crippen LogP contribution >= 0.6 is 0 Å². The summed E-state index contributed by atoms with van der Waals surface area (Å²) in [5.41, 5.74) is 2.36. The summed E-state index contributed by atoms with van der Waals surface area (Å²) >= 11 is 0. The van der Waals surface area contributed by atoms with E-state index in [2.05, 4.69) is 30.1 Å². The molecule has 3 heteroatoms. The molecule has 100 valence electrons. The molecular formula is C16H21N3. The molecule has 0 atom stereocenters. The van der Waals surface area contributed by atoms with Gasteiger partial charge in [0.15, 0.2) is 5.82 Å². The van der Waals surface area contributed by atoms with Crippen LogP contribution < -0.4 is 0 Å². The van der Waals surface area contributed by atoms with E-state index in [9.17, 15) is 0 Å². The van der Waals surface area contributed by atoms with Crippen LogP contribution in [0.25, 0.3) is 5.82 Å². The molecule has 0 bridgehead atoms. The normalized spacial score (nSPS) is 16.7. The Morgan fingerprint density at radius 1 is 1.16 bits per heavy atom. The molecule has 3 rings (SSSR count). The maximum absolute atomic E-state index is 4.73. The molecule has 0 aliphatic heterocycles. The van der Waals surface area contributed by atoms with Crippen molar-refractivity contribution in [3.05, 3.63) is 41.9 Å². The zero-order chi connectivity index (χ0) is 13.1. The standard InChI is InChI=1S/C16H21N3/c1-2-14-9-6-10-16(17-14)19-12-11-15(18-19)13-7-4-3-5-8-13/h6,9-13H,2-5,7-8H2,1H3. The minimum atomic E-state index is 0.657. The van der Waals surface area contributed by atoms with E-state index in [1.165, 1.54) is 37.8 Å². The van der Waals surface area contributed by atoms with Crippen LogP contribution in [0.4, 0.5) is 0 Å². The summed E-state index contributed by atoms with van der Waals surface area (Å²) < 4.78 is 1.92. The van der Waals surface area contributed by atoms with Gasteiger partial charge in [-0.2, -0.15) is 5.10 Å². The Bertz CT molecular complexity index is 538. The highest BCUT2D eigenvalue weighted by Gasteiger charge is 2.18. The van der Waals surface area contributed by atoms with Crippen LogP contribution in [-0.2, 0) is 6.42 Å². The van der Waals surface area contributed by atoms with Gasteiger partial charge in [-0.15, -0.1) is 0 Å². The molecule has 0 unspecified atom stereocenters.